The highest BCUT2D eigenvalue weighted by Crippen LogP contribution is 2.37. The van der Waals surface area contributed by atoms with Crippen LogP contribution in [0.5, 0.6) is 0 Å². The van der Waals surface area contributed by atoms with Gasteiger partial charge >= 0.3 is 0 Å². The number of Topliss-reactive ketones (excluding diaryl/α,β-unsaturated/α-hetero) is 1. The Labute approximate surface area is 101 Å². The molecule has 0 radical (unpaired) electrons. The smallest absolute Gasteiger partial charge is 0.159 e. The molecular formula is C10H13BrO3S. The number of hydrogen-bond donors (Lipinski definition) is 0. The van der Waals surface area contributed by atoms with Crippen LogP contribution in [-0.4, -0.2) is 28.2 Å². The van der Waals surface area contributed by atoms with E-state index in [2.05, 4.69) is 15.9 Å². The van der Waals surface area contributed by atoms with Gasteiger partial charge in [0, 0.05) is 13.2 Å². The van der Waals surface area contributed by atoms with E-state index in [1.807, 2.05) is 0 Å². The average Bonchev–Trinajstić information content (AvgIpc) is 2.17. The molecular weight excluding hydrogens is 280 g/mol. The fraction of sp³-hybridized carbons (Fsp3) is 0.500. The molecule has 3 nitrogen and oxygen atoms in total. The summed E-state index contributed by atoms with van der Waals surface area (Å²) in [7, 11) is 1.51. The molecule has 0 saturated carbocycles. The van der Waals surface area contributed by atoms with E-state index in [0.29, 0.717) is 4.91 Å². The summed E-state index contributed by atoms with van der Waals surface area (Å²) >= 11 is 2.29. The van der Waals surface area contributed by atoms with Crippen molar-refractivity contribution in [1.29, 1.82) is 0 Å². The lowest BCUT2D eigenvalue weighted by molar-refractivity contribution is -0.122. The number of halogens is 1. The number of rotatable bonds is 3. The molecule has 15 heavy (non-hydrogen) atoms. The van der Waals surface area contributed by atoms with Crippen LogP contribution >= 0.6 is 15.9 Å². The predicted molar refractivity (Wildman–Crippen MR) is 64.1 cm³/mol. The van der Waals surface area contributed by atoms with Crippen molar-refractivity contribution in [2.24, 2.45) is 5.92 Å². The molecule has 0 N–H and O–H groups in total. The second kappa shape index (κ2) is 4.82. The van der Waals surface area contributed by atoms with Gasteiger partial charge in [0.2, 0.25) is 0 Å². The van der Waals surface area contributed by atoms with Gasteiger partial charge in [0.25, 0.3) is 0 Å². The van der Waals surface area contributed by atoms with E-state index in [4.69, 9.17) is 4.74 Å². The molecule has 0 heterocycles. The minimum Gasteiger partial charge on any atom is -0.612 e. The summed E-state index contributed by atoms with van der Waals surface area (Å²) in [6, 6.07) is 0. The Kier molecular flexibility index (Phi) is 4.17. The van der Waals surface area contributed by atoms with E-state index < -0.39 is 15.7 Å². The maximum Gasteiger partial charge on any atom is 0.159 e. The number of allylic oxidation sites excluding steroid dienone is 1. The maximum atomic E-state index is 11.4. The van der Waals surface area contributed by atoms with Crippen molar-refractivity contribution in [2.75, 3.05) is 13.4 Å². The van der Waals surface area contributed by atoms with Crippen LogP contribution < -0.4 is 0 Å². The molecule has 5 heteroatoms. The van der Waals surface area contributed by atoms with Crippen molar-refractivity contribution in [3.05, 3.63) is 23.1 Å². The van der Waals surface area contributed by atoms with Crippen molar-refractivity contribution in [3.8, 4) is 0 Å². The molecule has 0 spiro atoms. The van der Waals surface area contributed by atoms with Gasteiger partial charge in [-0.05, 0) is 40.1 Å². The maximum absolute atomic E-state index is 11.4. The van der Waals surface area contributed by atoms with Gasteiger partial charge in [-0.1, -0.05) is 6.08 Å². The summed E-state index contributed by atoms with van der Waals surface area (Å²) < 4.78 is 15.7. The van der Waals surface area contributed by atoms with Crippen LogP contribution in [0.15, 0.2) is 23.1 Å². The topological polar surface area (TPSA) is 49.4 Å². The molecule has 0 aliphatic heterocycles. The molecule has 0 aromatic carbocycles. The van der Waals surface area contributed by atoms with Crippen LogP contribution in [0.1, 0.15) is 6.92 Å². The molecule has 0 saturated heterocycles. The van der Waals surface area contributed by atoms with Gasteiger partial charge < -0.3 is 9.29 Å². The lowest BCUT2D eigenvalue weighted by atomic mass is 9.94. The SMILES string of the molecule is COC1(Br)C=C([S+](C)[O-])C=CC1C(C)=O. The van der Waals surface area contributed by atoms with E-state index in [0.717, 1.165) is 0 Å². The zero-order valence-electron chi connectivity index (χ0n) is 8.82. The first kappa shape index (κ1) is 13.0. The molecule has 0 fully saturated rings. The summed E-state index contributed by atoms with van der Waals surface area (Å²) in [4.78, 5) is 12.0. The molecule has 0 aromatic rings. The summed E-state index contributed by atoms with van der Waals surface area (Å²) in [6.07, 6.45) is 6.71. The molecule has 1 aliphatic carbocycles. The van der Waals surface area contributed by atoms with Gasteiger partial charge in [0.15, 0.2) is 9.42 Å². The van der Waals surface area contributed by atoms with Gasteiger partial charge in [0.05, 0.1) is 5.92 Å². The van der Waals surface area contributed by atoms with Crippen LogP contribution in [0.2, 0.25) is 0 Å². The van der Waals surface area contributed by atoms with Gasteiger partial charge in [-0.3, -0.25) is 4.79 Å². The zero-order chi connectivity index (χ0) is 11.6. The fourth-order valence-corrected chi connectivity index (χ4v) is 2.92. The lowest BCUT2D eigenvalue weighted by Crippen LogP contribution is -2.37. The standard InChI is InChI=1S/C10H13BrO3S/c1-7(12)9-5-4-8(15(3)13)6-10(9,11)14-2/h4-6,9H,1-3H3. The van der Waals surface area contributed by atoms with Crippen LogP contribution in [0.25, 0.3) is 0 Å². The van der Waals surface area contributed by atoms with E-state index in [1.165, 1.54) is 14.0 Å². The Morgan fingerprint density at radius 1 is 1.73 bits per heavy atom. The summed E-state index contributed by atoms with van der Waals surface area (Å²) in [5.41, 5.74) is 0. The summed E-state index contributed by atoms with van der Waals surface area (Å²) in [6.45, 7) is 1.51. The Bertz CT molecular complexity index is 325. The summed E-state index contributed by atoms with van der Waals surface area (Å²) in [5, 5.41) is 0. The highest BCUT2D eigenvalue weighted by molar-refractivity contribution is 9.10. The highest BCUT2D eigenvalue weighted by Gasteiger charge is 2.40. The number of carbonyl (C=O) groups is 1. The van der Waals surface area contributed by atoms with Crippen molar-refractivity contribution in [2.45, 2.75) is 11.4 Å². The molecule has 3 atom stereocenters. The average molecular weight is 293 g/mol. The second-order valence-electron chi connectivity index (χ2n) is 3.35. The summed E-state index contributed by atoms with van der Waals surface area (Å²) in [5.74, 6) is -0.378. The second-order valence-corrected chi connectivity index (χ2v) is 5.97. The number of carbonyl (C=O) groups excluding carboxylic acids is 1. The first-order valence-corrected chi connectivity index (χ1v) is 6.75. The highest BCUT2D eigenvalue weighted by atomic mass is 79.9. The molecule has 3 unspecified atom stereocenters. The quantitative estimate of drug-likeness (QED) is 0.588. The van der Waals surface area contributed by atoms with Crippen molar-refractivity contribution in [3.63, 3.8) is 0 Å². The van der Waals surface area contributed by atoms with Gasteiger partial charge in [0.1, 0.15) is 12.0 Å². The van der Waals surface area contributed by atoms with Crippen LogP contribution in [-0.2, 0) is 20.7 Å². The predicted octanol–water partition coefficient (Wildman–Crippen LogP) is 1.76. The molecule has 0 aromatic heterocycles. The molecule has 1 rings (SSSR count). The zero-order valence-corrected chi connectivity index (χ0v) is 11.2. The Hall–Kier alpha value is -0.100. The van der Waals surface area contributed by atoms with Crippen LogP contribution in [0.3, 0.4) is 0 Å². The minimum atomic E-state index is -1.08. The van der Waals surface area contributed by atoms with Gasteiger partial charge in [-0.25, -0.2) is 0 Å². The van der Waals surface area contributed by atoms with E-state index >= 15 is 0 Å². The third-order valence-electron chi connectivity index (χ3n) is 2.30. The van der Waals surface area contributed by atoms with Crippen LogP contribution in [0, 0.1) is 5.92 Å². The van der Waals surface area contributed by atoms with E-state index in [9.17, 15) is 9.35 Å². The number of ketones is 1. The fourth-order valence-electron chi connectivity index (χ4n) is 1.43. The van der Waals surface area contributed by atoms with Gasteiger partial charge in [-0.15, -0.1) is 0 Å². The number of methoxy groups -OCH3 is 1. The van der Waals surface area contributed by atoms with Crippen LogP contribution in [0.4, 0.5) is 0 Å². The monoisotopic (exact) mass is 292 g/mol. The Morgan fingerprint density at radius 2 is 2.33 bits per heavy atom. The van der Waals surface area contributed by atoms with Crippen molar-refractivity contribution < 1.29 is 14.1 Å². The van der Waals surface area contributed by atoms with E-state index in [1.54, 1.807) is 24.5 Å². The molecule has 1 aliphatic rings. The largest absolute Gasteiger partial charge is 0.612 e. The first-order chi connectivity index (χ1) is 6.90. The third-order valence-corrected chi connectivity index (χ3v) is 4.26. The molecule has 0 bridgehead atoms. The van der Waals surface area contributed by atoms with Gasteiger partial charge in [-0.2, -0.15) is 0 Å². The van der Waals surface area contributed by atoms with E-state index in [-0.39, 0.29) is 11.7 Å². The van der Waals surface area contributed by atoms with Crippen molar-refractivity contribution in [1.82, 2.24) is 0 Å². The third kappa shape index (κ3) is 2.72. The molecule has 0 amide bonds. The number of ether oxygens (including phenoxy) is 1. The normalized spacial score (nSPS) is 32.3. The lowest BCUT2D eigenvalue weighted by Gasteiger charge is -2.31. The first-order valence-electron chi connectivity index (χ1n) is 4.39. The molecule has 84 valence electrons. The Balaban J connectivity index is 3.05. The van der Waals surface area contributed by atoms with Crippen molar-refractivity contribution >= 4 is 32.9 Å². The number of alkyl halides is 1. The Morgan fingerprint density at radius 3 is 2.73 bits per heavy atom. The minimum absolute atomic E-state index is 0.00200. The number of hydrogen-bond acceptors (Lipinski definition) is 3.